The Balaban J connectivity index is 0.000000515. The van der Waals surface area contributed by atoms with Crippen LogP contribution >= 0.6 is 0 Å². The van der Waals surface area contributed by atoms with Gasteiger partial charge in [-0.1, -0.05) is 18.2 Å². The highest BCUT2D eigenvalue weighted by Crippen LogP contribution is 2.20. The molecule has 0 aliphatic rings. The van der Waals surface area contributed by atoms with Gasteiger partial charge in [0.2, 0.25) is 0 Å². The van der Waals surface area contributed by atoms with E-state index < -0.39 is 15.6 Å². The minimum absolute atomic E-state index is 0.404. The minimum Gasteiger partial charge on any atom is -0.741 e. The van der Waals surface area contributed by atoms with Crippen molar-refractivity contribution in [2.45, 2.75) is 45.3 Å². The Morgan fingerprint density at radius 1 is 1.09 bits per heavy atom. The average molecular weight is 355 g/mol. The number of anilines is 1. The van der Waals surface area contributed by atoms with Crippen LogP contribution in [0.1, 0.15) is 27.7 Å². The molecule has 0 amide bonds. The fourth-order valence-corrected chi connectivity index (χ4v) is 1.46. The highest BCUT2D eigenvalue weighted by Gasteiger charge is 2.36. The maximum Gasteiger partial charge on any atom is 0.485 e. The van der Waals surface area contributed by atoms with Gasteiger partial charge in [-0.3, -0.25) is 0 Å². The molecule has 0 saturated carbocycles. The van der Waals surface area contributed by atoms with E-state index >= 15 is 0 Å². The molecule has 0 bridgehead atoms. The molecule has 0 aromatic heterocycles. The maximum atomic E-state index is 10.7. The highest BCUT2D eigenvalue weighted by molar-refractivity contribution is 7.86. The van der Waals surface area contributed by atoms with Gasteiger partial charge in [-0.2, -0.15) is 17.9 Å². The van der Waals surface area contributed by atoms with E-state index in [2.05, 4.69) is 38.3 Å². The number of rotatable bonds is 4. The summed E-state index contributed by atoms with van der Waals surface area (Å²) in [6.07, 6.45) is 0. The maximum absolute atomic E-state index is 10.7. The van der Waals surface area contributed by atoms with E-state index in [9.17, 15) is 13.2 Å². The zero-order chi connectivity index (χ0) is 18.3. The number of hydrogen-bond donors (Lipinski definition) is 1. The third-order valence-corrected chi connectivity index (χ3v) is 2.98. The predicted molar refractivity (Wildman–Crippen MR) is 78.8 cm³/mol. The van der Waals surface area contributed by atoms with Crippen molar-refractivity contribution in [3.05, 3.63) is 30.3 Å². The second kappa shape index (κ2) is 8.82. The number of benzene rings is 1. The monoisotopic (exact) mass is 355 g/mol. The average Bonchev–Trinajstić information content (AvgIpc) is 2.37. The van der Waals surface area contributed by atoms with Crippen molar-refractivity contribution < 1.29 is 30.8 Å². The van der Waals surface area contributed by atoms with Crippen LogP contribution in [0.15, 0.2) is 35.6 Å². The minimum atomic E-state index is -6.09. The Hall–Kier alpha value is -1.68. The summed E-state index contributed by atoms with van der Waals surface area (Å²) in [5.74, 6) is 0. The second-order valence-electron chi connectivity index (χ2n) is 5.05. The molecule has 10 heteroatoms. The molecule has 23 heavy (non-hydrogen) atoms. The molecule has 0 radical (unpaired) electrons. The van der Waals surface area contributed by atoms with Crippen LogP contribution in [0, 0.1) is 0 Å². The van der Waals surface area contributed by atoms with Gasteiger partial charge in [0.05, 0.1) is 5.22 Å². The second-order valence-corrected chi connectivity index (χ2v) is 6.42. The molecule has 132 valence electrons. The molecule has 0 aliphatic heterocycles. The highest BCUT2D eigenvalue weighted by atomic mass is 32.2. The van der Waals surface area contributed by atoms with Gasteiger partial charge in [0.1, 0.15) is 17.8 Å². The van der Waals surface area contributed by atoms with Gasteiger partial charge in [-0.15, -0.1) is 5.43 Å². The molecule has 0 atom stereocenters. The lowest BCUT2D eigenvalue weighted by atomic mass is 10.3. The molecule has 1 aromatic rings. The van der Waals surface area contributed by atoms with Gasteiger partial charge < -0.3 is 4.55 Å². The Morgan fingerprint density at radius 2 is 1.48 bits per heavy atom. The van der Waals surface area contributed by atoms with E-state index in [1.807, 2.05) is 35.0 Å². The van der Waals surface area contributed by atoms with Gasteiger partial charge in [0, 0.05) is 0 Å². The van der Waals surface area contributed by atoms with E-state index in [1.54, 1.807) is 0 Å². The summed E-state index contributed by atoms with van der Waals surface area (Å²) < 4.78 is 61.0. The van der Waals surface area contributed by atoms with Crippen LogP contribution in [0.25, 0.3) is 0 Å². The lowest BCUT2D eigenvalue weighted by molar-refractivity contribution is -0.647. The van der Waals surface area contributed by atoms with Crippen molar-refractivity contribution in [1.29, 1.82) is 0 Å². The van der Waals surface area contributed by atoms with Gasteiger partial charge in [-0.05, 0) is 39.8 Å². The van der Waals surface area contributed by atoms with E-state index in [4.69, 9.17) is 13.0 Å². The summed E-state index contributed by atoms with van der Waals surface area (Å²) in [5.41, 5.74) is -1.57. The van der Waals surface area contributed by atoms with Gasteiger partial charge in [0.15, 0.2) is 10.1 Å². The number of para-hydroxylation sites is 1. The molecule has 0 fully saturated rings. The van der Waals surface area contributed by atoms with Crippen molar-refractivity contribution in [2.75, 3.05) is 5.43 Å². The molecule has 1 aromatic carbocycles. The molecule has 1 N–H and O–H groups in total. The number of alkyl halides is 3. The summed E-state index contributed by atoms with van der Waals surface area (Å²) in [5, 5.41) is 4.38. The predicted octanol–water partition coefficient (Wildman–Crippen LogP) is 3.35. The van der Waals surface area contributed by atoms with Crippen LogP contribution in [0.4, 0.5) is 18.9 Å². The Morgan fingerprint density at radius 3 is 1.78 bits per heavy atom. The number of nitrogens with one attached hydrogen (secondary N) is 1. The fourth-order valence-electron chi connectivity index (χ4n) is 1.46. The van der Waals surface area contributed by atoms with Crippen molar-refractivity contribution in [3.63, 3.8) is 0 Å². The molecule has 6 nitrogen and oxygen atoms in total. The van der Waals surface area contributed by atoms with Crippen LogP contribution in [0.2, 0.25) is 0 Å². The van der Waals surface area contributed by atoms with Gasteiger partial charge in [0.25, 0.3) is 0 Å². The Labute approximate surface area is 133 Å². The molecule has 0 spiro atoms. The number of hydrogen-bond acceptors (Lipinski definition) is 4. The third-order valence-electron chi connectivity index (χ3n) is 2.41. The van der Waals surface area contributed by atoms with Crippen molar-refractivity contribution >= 4 is 15.8 Å². The van der Waals surface area contributed by atoms with E-state index in [0.29, 0.717) is 12.1 Å². The summed E-state index contributed by atoms with van der Waals surface area (Å²) in [7, 11) is -6.09. The smallest absolute Gasteiger partial charge is 0.485 e. The van der Waals surface area contributed by atoms with Crippen LogP contribution in [-0.2, 0) is 10.1 Å². The first-order chi connectivity index (χ1) is 10.4. The van der Waals surface area contributed by atoms with Crippen molar-refractivity contribution in [2.24, 2.45) is 5.22 Å². The summed E-state index contributed by atoms with van der Waals surface area (Å²) in [6, 6.07) is 10.8. The molecule has 0 aliphatic carbocycles. The zero-order valence-electron chi connectivity index (χ0n) is 13.2. The SMILES string of the molecule is CC(C)[N+](=NNc1ccccc1)C(C)C.O=S(=O)([O-])C(F)(F)F. The van der Waals surface area contributed by atoms with Gasteiger partial charge in [-0.25, -0.2) is 8.42 Å². The molecule has 0 heterocycles. The van der Waals surface area contributed by atoms with E-state index in [1.165, 1.54) is 0 Å². The Bertz CT molecular complexity index is 590. The first-order valence-corrected chi connectivity index (χ1v) is 8.09. The van der Waals surface area contributed by atoms with Crippen LogP contribution in [0.5, 0.6) is 0 Å². The van der Waals surface area contributed by atoms with E-state index in [-0.39, 0.29) is 0 Å². The summed E-state index contributed by atoms with van der Waals surface area (Å²) in [4.78, 5) is 0. The third kappa shape index (κ3) is 8.50. The molecule has 0 unspecified atom stereocenters. The van der Waals surface area contributed by atoms with Crippen LogP contribution in [-0.4, -0.2) is 35.3 Å². The molecule has 0 saturated heterocycles. The normalized spacial score (nSPS) is 11.7. The van der Waals surface area contributed by atoms with E-state index in [0.717, 1.165) is 5.69 Å². The first kappa shape index (κ1) is 21.3. The first-order valence-electron chi connectivity index (χ1n) is 6.68. The van der Waals surface area contributed by atoms with Crippen molar-refractivity contribution in [1.82, 2.24) is 0 Å². The number of nitrogens with zero attached hydrogens (tertiary/aromatic N) is 2. The standard InChI is InChI=1S/C12H19N3.CHF3O3S/c1-10(2)15(11(3)4)14-13-12-8-6-5-7-9-12;2-1(3,4)8(5,6)7/h5-11H,1-4H3;(H,5,6,7). The van der Waals surface area contributed by atoms with Gasteiger partial charge >= 0.3 is 5.51 Å². The molecular weight excluding hydrogens is 335 g/mol. The van der Waals surface area contributed by atoms with Crippen LogP contribution < -0.4 is 5.43 Å². The lowest BCUT2D eigenvalue weighted by Gasteiger charge is -2.11. The zero-order valence-corrected chi connectivity index (χ0v) is 14.0. The van der Waals surface area contributed by atoms with Crippen LogP contribution in [0.3, 0.4) is 0 Å². The number of halogens is 3. The quantitative estimate of drug-likeness (QED) is 0.295. The lowest BCUT2D eigenvalue weighted by Crippen LogP contribution is -2.26. The summed E-state index contributed by atoms with van der Waals surface area (Å²) in [6.45, 7) is 8.54. The van der Waals surface area contributed by atoms with Crippen molar-refractivity contribution in [3.8, 4) is 0 Å². The summed E-state index contributed by atoms with van der Waals surface area (Å²) >= 11 is 0. The molecular formula is C13H20F3N3O3S. The topological polar surface area (TPSA) is 84.6 Å². The molecule has 1 rings (SSSR count). The largest absolute Gasteiger partial charge is 0.741 e. The Kier molecular flexibility index (Phi) is 8.18. The fraction of sp³-hybridized carbons (Fsp3) is 0.538.